The summed E-state index contributed by atoms with van der Waals surface area (Å²) >= 11 is 3.25. The Labute approximate surface area is 58.0 Å². The Morgan fingerprint density at radius 3 is 2.12 bits per heavy atom. The first kappa shape index (κ1) is 7.99. The minimum absolute atomic E-state index is 0.222. The van der Waals surface area contributed by atoms with Crippen LogP contribution in [0.5, 0.6) is 0 Å². The number of hydrogen-bond acceptors (Lipinski definition) is 4. The molecule has 4 heteroatoms. The molecule has 0 saturated carbocycles. The van der Waals surface area contributed by atoms with Crippen LogP contribution >= 0.6 is 23.5 Å². The fraction of sp³-hybridized carbons (Fsp3) is 0.750. The molecule has 0 aliphatic heterocycles. The number of thioether (sulfide) groups is 2. The number of nitrogens with zero attached hydrogens (tertiary/aromatic N) is 1. The van der Waals surface area contributed by atoms with Gasteiger partial charge < -0.3 is 5.32 Å². The third-order valence-corrected chi connectivity index (χ3v) is 2.86. The summed E-state index contributed by atoms with van der Waals surface area (Å²) < 4.78 is 0.222. The van der Waals surface area contributed by atoms with Gasteiger partial charge in [-0.2, -0.15) is 5.26 Å². The van der Waals surface area contributed by atoms with E-state index < -0.39 is 0 Å². The maximum atomic E-state index is 8.11. The van der Waals surface area contributed by atoms with Crippen LogP contribution in [0.4, 0.5) is 0 Å². The van der Waals surface area contributed by atoms with E-state index in [9.17, 15) is 0 Å². The largest absolute Gasteiger partial charge is 0.302 e. The second-order valence-corrected chi connectivity index (χ2v) is 3.24. The van der Waals surface area contributed by atoms with Crippen molar-refractivity contribution in [3.05, 3.63) is 0 Å². The summed E-state index contributed by atoms with van der Waals surface area (Å²) in [6.07, 6.45) is 5.81. The molecule has 0 rings (SSSR count). The maximum Gasteiger partial charge on any atom is 0.178 e. The molecular formula is C4H8N2S2. The molecule has 0 aromatic carbocycles. The minimum Gasteiger partial charge on any atom is -0.302 e. The molecule has 0 unspecified atom stereocenters. The van der Waals surface area contributed by atoms with Gasteiger partial charge in [-0.25, -0.2) is 0 Å². The van der Waals surface area contributed by atoms with Crippen molar-refractivity contribution < 1.29 is 0 Å². The average molecular weight is 148 g/mol. The van der Waals surface area contributed by atoms with E-state index in [4.69, 9.17) is 5.26 Å². The predicted molar refractivity (Wildman–Crippen MR) is 39.6 cm³/mol. The van der Waals surface area contributed by atoms with Crippen LogP contribution in [0.25, 0.3) is 0 Å². The molecule has 0 amide bonds. The highest BCUT2D eigenvalue weighted by Gasteiger charge is 1.98. The monoisotopic (exact) mass is 148 g/mol. The normalized spacial score (nSPS) is 8.75. The SMILES string of the molecule is CSC(NC#N)SC. The first-order valence-electron chi connectivity index (χ1n) is 2.05. The van der Waals surface area contributed by atoms with Crippen LogP contribution < -0.4 is 5.32 Å². The Kier molecular flexibility index (Phi) is 5.13. The van der Waals surface area contributed by atoms with E-state index in [-0.39, 0.29) is 4.71 Å². The van der Waals surface area contributed by atoms with E-state index in [1.807, 2.05) is 18.7 Å². The minimum atomic E-state index is 0.222. The highest BCUT2D eigenvalue weighted by atomic mass is 32.2. The summed E-state index contributed by atoms with van der Waals surface area (Å²) in [6, 6.07) is 0. The summed E-state index contributed by atoms with van der Waals surface area (Å²) in [4.78, 5) is 0. The van der Waals surface area contributed by atoms with Gasteiger partial charge in [-0.05, 0) is 12.5 Å². The van der Waals surface area contributed by atoms with Gasteiger partial charge in [0.25, 0.3) is 0 Å². The highest BCUT2D eigenvalue weighted by Crippen LogP contribution is 2.13. The van der Waals surface area contributed by atoms with Gasteiger partial charge in [0.05, 0.1) is 0 Å². The zero-order valence-corrected chi connectivity index (χ0v) is 6.47. The molecule has 1 N–H and O–H groups in total. The number of nitriles is 1. The zero-order chi connectivity index (χ0) is 6.41. The molecule has 0 heterocycles. The Balaban J connectivity index is 3.25. The number of hydrogen-bond donors (Lipinski definition) is 1. The van der Waals surface area contributed by atoms with Crippen molar-refractivity contribution in [3.8, 4) is 6.19 Å². The lowest BCUT2D eigenvalue weighted by atomic mass is 11.2. The fourth-order valence-electron chi connectivity index (χ4n) is 0.267. The summed E-state index contributed by atoms with van der Waals surface area (Å²) in [7, 11) is 0. The van der Waals surface area contributed by atoms with Crippen molar-refractivity contribution in [2.24, 2.45) is 0 Å². The molecule has 0 saturated heterocycles. The molecule has 0 aliphatic carbocycles. The molecule has 0 fully saturated rings. The van der Waals surface area contributed by atoms with E-state index in [2.05, 4.69) is 5.32 Å². The van der Waals surface area contributed by atoms with E-state index in [1.165, 1.54) is 0 Å². The van der Waals surface area contributed by atoms with Crippen LogP contribution in [0.1, 0.15) is 0 Å². The van der Waals surface area contributed by atoms with Gasteiger partial charge in [0.2, 0.25) is 0 Å². The maximum absolute atomic E-state index is 8.11. The summed E-state index contributed by atoms with van der Waals surface area (Å²) in [5, 5.41) is 10.7. The van der Waals surface area contributed by atoms with Crippen molar-refractivity contribution in [3.63, 3.8) is 0 Å². The van der Waals surface area contributed by atoms with Crippen LogP contribution in [-0.4, -0.2) is 17.2 Å². The average Bonchev–Trinajstić information content (AvgIpc) is 1.83. The van der Waals surface area contributed by atoms with Gasteiger partial charge in [0.15, 0.2) is 6.19 Å². The van der Waals surface area contributed by atoms with Crippen molar-refractivity contribution in [1.82, 2.24) is 5.32 Å². The molecule has 8 heavy (non-hydrogen) atoms. The predicted octanol–water partition coefficient (Wildman–Crippen LogP) is 1.07. The van der Waals surface area contributed by atoms with Gasteiger partial charge in [-0.3, -0.25) is 0 Å². The summed E-state index contributed by atoms with van der Waals surface area (Å²) in [5.41, 5.74) is 0. The molecular weight excluding hydrogens is 140 g/mol. The first-order chi connectivity index (χ1) is 3.85. The molecule has 0 aromatic rings. The second kappa shape index (κ2) is 5.13. The molecule has 2 nitrogen and oxygen atoms in total. The van der Waals surface area contributed by atoms with Crippen LogP contribution in [0, 0.1) is 11.5 Å². The number of nitrogens with one attached hydrogen (secondary N) is 1. The van der Waals surface area contributed by atoms with Crippen LogP contribution in [0.3, 0.4) is 0 Å². The van der Waals surface area contributed by atoms with Crippen molar-refractivity contribution >= 4 is 23.5 Å². The summed E-state index contributed by atoms with van der Waals surface area (Å²) in [5.74, 6) is 0. The lowest BCUT2D eigenvalue weighted by molar-refractivity contribution is 1.03. The molecule has 0 bridgehead atoms. The molecule has 0 aliphatic rings. The molecule has 0 spiro atoms. The smallest absolute Gasteiger partial charge is 0.178 e. The lowest BCUT2D eigenvalue weighted by Crippen LogP contribution is -2.15. The Bertz CT molecular complexity index is 84.5. The van der Waals surface area contributed by atoms with Gasteiger partial charge >= 0.3 is 0 Å². The topological polar surface area (TPSA) is 35.8 Å². The highest BCUT2D eigenvalue weighted by molar-refractivity contribution is 8.16. The third kappa shape index (κ3) is 3.05. The molecule has 0 aromatic heterocycles. The Morgan fingerprint density at radius 2 is 2.00 bits per heavy atom. The van der Waals surface area contributed by atoms with Gasteiger partial charge in [0.1, 0.15) is 4.71 Å². The standard InChI is InChI=1S/C4H8N2S2/c1-7-4(8-2)6-3-5/h4,6H,1-2H3. The third-order valence-electron chi connectivity index (χ3n) is 0.611. The van der Waals surface area contributed by atoms with Gasteiger partial charge in [-0.15, -0.1) is 23.5 Å². The molecule has 0 atom stereocenters. The van der Waals surface area contributed by atoms with Gasteiger partial charge in [-0.1, -0.05) is 0 Å². The second-order valence-electron chi connectivity index (χ2n) is 1.06. The first-order valence-corrected chi connectivity index (χ1v) is 4.63. The van der Waals surface area contributed by atoms with Crippen molar-refractivity contribution in [2.45, 2.75) is 4.71 Å². The van der Waals surface area contributed by atoms with Crippen molar-refractivity contribution in [1.29, 1.82) is 5.26 Å². The van der Waals surface area contributed by atoms with Crippen molar-refractivity contribution in [2.75, 3.05) is 12.5 Å². The van der Waals surface area contributed by atoms with Crippen LogP contribution in [0.2, 0.25) is 0 Å². The van der Waals surface area contributed by atoms with E-state index in [1.54, 1.807) is 23.5 Å². The summed E-state index contributed by atoms with van der Waals surface area (Å²) in [6.45, 7) is 0. The Hall–Kier alpha value is -0.0100. The van der Waals surface area contributed by atoms with Crippen LogP contribution in [0.15, 0.2) is 0 Å². The molecule has 0 radical (unpaired) electrons. The number of rotatable bonds is 3. The lowest BCUT2D eigenvalue weighted by Gasteiger charge is -2.05. The van der Waals surface area contributed by atoms with Gasteiger partial charge in [0, 0.05) is 0 Å². The van der Waals surface area contributed by atoms with Crippen LogP contribution in [-0.2, 0) is 0 Å². The van der Waals surface area contributed by atoms with E-state index in [0.29, 0.717) is 0 Å². The Morgan fingerprint density at radius 1 is 1.50 bits per heavy atom. The van der Waals surface area contributed by atoms with E-state index in [0.717, 1.165) is 0 Å². The quantitative estimate of drug-likeness (QED) is 0.369. The zero-order valence-electron chi connectivity index (χ0n) is 4.84. The molecule has 46 valence electrons. The van der Waals surface area contributed by atoms with E-state index >= 15 is 0 Å². The fourth-order valence-corrected chi connectivity index (χ4v) is 1.38.